The van der Waals surface area contributed by atoms with E-state index in [1.54, 1.807) is 5.38 Å². The molecule has 5 nitrogen and oxygen atoms in total. The number of carbonyl (C=O) groups is 1. The lowest BCUT2D eigenvalue weighted by Crippen LogP contribution is -2.10. The lowest BCUT2D eigenvalue weighted by Gasteiger charge is -2.03. The van der Waals surface area contributed by atoms with Gasteiger partial charge in [0.25, 0.3) is 0 Å². The molecule has 0 aromatic carbocycles. The Bertz CT molecular complexity index is 341. The summed E-state index contributed by atoms with van der Waals surface area (Å²) >= 11 is 1.42. The average Bonchev–Trinajstić information content (AvgIpc) is 2.70. The Morgan fingerprint density at radius 1 is 1.59 bits per heavy atom. The second-order valence-corrected chi connectivity index (χ2v) is 4.47. The molecule has 17 heavy (non-hydrogen) atoms. The largest absolute Gasteiger partial charge is 0.481 e. The van der Waals surface area contributed by atoms with Crippen molar-refractivity contribution in [2.45, 2.75) is 26.2 Å². The Balaban J connectivity index is 2.14. The molecule has 0 saturated heterocycles. The normalized spacial score (nSPS) is 10.4. The highest BCUT2D eigenvalue weighted by Gasteiger charge is 2.05. The number of hydrogen-bond donors (Lipinski definition) is 2. The van der Waals surface area contributed by atoms with Crippen LogP contribution in [-0.4, -0.2) is 35.8 Å². The topological polar surface area (TPSA) is 71.5 Å². The number of thiazole rings is 1. The molecule has 0 aliphatic rings. The van der Waals surface area contributed by atoms with Crippen LogP contribution in [0, 0.1) is 0 Å². The minimum atomic E-state index is -0.857. The fourth-order valence-corrected chi connectivity index (χ4v) is 1.94. The van der Waals surface area contributed by atoms with Gasteiger partial charge in [-0.2, -0.15) is 0 Å². The van der Waals surface area contributed by atoms with Crippen molar-refractivity contribution in [1.29, 1.82) is 0 Å². The Hall–Kier alpha value is -1.14. The van der Waals surface area contributed by atoms with Crippen LogP contribution in [0.2, 0.25) is 0 Å². The molecule has 1 aromatic heterocycles. The van der Waals surface area contributed by atoms with E-state index in [0.717, 1.165) is 24.6 Å². The van der Waals surface area contributed by atoms with Gasteiger partial charge < -0.3 is 15.2 Å². The number of ether oxygens (including phenoxy) is 1. The van der Waals surface area contributed by atoms with Gasteiger partial charge in [0.1, 0.15) is 0 Å². The minimum absolute atomic E-state index is 0.0226. The van der Waals surface area contributed by atoms with E-state index < -0.39 is 5.97 Å². The molecule has 0 aliphatic carbocycles. The van der Waals surface area contributed by atoms with Crippen molar-refractivity contribution in [3.8, 4) is 0 Å². The third-order valence-corrected chi connectivity index (χ3v) is 2.90. The number of rotatable bonds is 9. The Labute approximate surface area is 105 Å². The number of unbranched alkanes of at least 4 members (excludes halogenated alkanes) is 1. The molecule has 0 unspecified atom stereocenters. The number of carboxylic acid groups (broad SMARTS) is 1. The zero-order valence-electron chi connectivity index (χ0n) is 9.94. The van der Waals surface area contributed by atoms with Gasteiger partial charge in [-0.3, -0.25) is 4.79 Å². The first-order valence-electron chi connectivity index (χ1n) is 5.70. The molecule has 0 fully saturated rings. The molecule has 0 amide bonds. The lowest BCUT2D eigenvalue weighted by molar-refractivity contribution is -0.136. The molecular formula is C11H18N2O3S. The van der Waals surface area contributed by atoms with Gasteiger partial charge in [0.05, 0.1) is 18.7 Å². The van der Waals surface area contributed by atoms with Crippen LogP contribution in [0.5, 0.6) is 0 Å². The minimum Gasteiger partial charge on any atom is -0.481 e. The molecule has 0 atom stereocenters. The second-order valence-electron chi connectivity index (χ2n) is 3.61. The summed E-state index contributed by atoms with van der Waals surface area (Å²) in [5.41, 5.74) is 0.594. The predicted molar refractivity (Wildman–Crippen MR) is 67.7 cm³/mol. The summed E-state index contributed by atoms with van der Waals surface area (Å²) < 4.78 is 5.39. The smallest absolute Gasteiger partial charge is 0.309 e. The summed E-state index contributed by atoms with van der Waals surface area (Å²) in [4.78, 5) is 14.6. The zero-order valence-corrected chi connectivity index (χ0v) is 10.8. The van der Waals surface area contributed by atoms with Crippen LogP contribution in [0.1, 0.15) is 25.5 Å². The number of nitrogens with one attached hydrogen (secondary N) is 1. The second kappa shape index (κ2) is 8.03. The number of anilines is 1. The van der Waals surface area contributed by atoms with Gasteiger partial charge in [0.15, 0.2) is 5.13 Å². The van der Waals surface area contributed by atoms with Crippen LogP contribution >= 0.6 is 11.3 Å². The van der Waals surface area contributed by atoms with Crippen molar-refractivity contribution in [3.63, 3.8) is 0 Å². The molecule has 1 aromatic rings. The van der Waals surface area contributed by atoms with Crippen LogP contribution in [0.15, 0.2) is 5.38 Å². The molecule has 0 bridgehead atoms. The maximum atomic E-state index is 10.5. The van der Waals surface area contributed by atoms with E-state index in [9.17, 15) is 4.79 Å². The molecule has 1 heterocycles. The molecule has 96 valence electrons. The highest BCUT2D eigenvalue weighted by Crippen LogP contribution is 2.15. The fraction of sp³-hybridized carbons (Fsp3) is 0.636. The highest BCUT2D eigenvalue weighted by atomic mass is 32.1. The zero-order chi connectivity index (χ0) is 12.5. The molecule has 0 aliphatic heterocycles. The summed E-state index contributed by atoms with van der Waals surface area (Å²) in [5, 5.41) is 14.2. The SMILES string of the molecule is CCCCOCCNc1nc(CC(=O)O)cs1. The van der Waals surface area contributed by atoms with Gasteiger partial charge in [-0.25, -0.2) is 4.98 Å². The van der Waals surface area contributed by atoms with Crippen LogP contribution in [0.3, 0.4) is 0 Å². The fourth-order valence-electron chi connectivity index (χ4n) is 1.20. The summed E-state index contributed by atoms with van der Waals surface area (Å²) in [6, 6.07) is 0. The molecule has 0 spiro atoms. The van der Waals surface area contributed by atoms with E-state index in [2.05, 4.69) is 17.2 Å². The van der Waals surface area contributed by atoms with Gasteiger partial charge in [-0.05, 0) is 6.42 Å². The van der Waals surface area contributed by atoms with E-state index in [1.807, 2.05) is 0 Å². The maximum Gasteiger partial charge on any atom is 0.309 e. The van der Waals surface area contributed by atoms with Gasteiger partial charge >= 0.3 is 5.97 Å². The average molecular weight is 258 g/mol. The van der Waals surface area contributed by atoms with E-state index in [-0.39, 0.29) is 6.42 Å². The molecule has 0 saturated carbocycles. The van der Waals surface area contributed by atoms with Gasteiger partial charge in [-0.1, -0.05) is 13.3 Å². The van der Waals surface area contributed by atoms with Gasteiger partial charge in [-0.15, -0.1) is 11.3 Å². The summed E-state index contributed by atoms with van der Waals surface area (Å²) in [7, 11) is 0. The standard InChI is InChI=1S/C11H18N2O3S/c1-2-3-5-16-6-4-12-11-13-9(8-17-11)7-10(14)15/h8H,2-7H2,1H3,(H,12,13)(H,14,15). The Kier molecular flexibility index (Phi) is 6.57. The van der Waals surface area contributed by atoms with Crippen LogP contribution in [0.25, 0.3) is 0 Å². The van der Waals surface area contributed by atoms with E-state index in [0.29, 0.717) is 18.8 Å². The first kappa shape index (κ1) is 13.9. The van der Waals surface area contributed by atoms with Crippen molar-refractivity contribution in [2.75, 3.05) is 25.1 Å². The number of hydrogen-bond acceptors (Lipinski definition) is 5. The number of aliphatic carboxylic acids is 1. The van der Waals surface area contributed by atoms with E-state index in [4.69, 9.17) is 9.84 Å². The summed E-state index contributed by atoms with van der Waals surface area (Å²) in [6.45, 7) is 4.26. The lowest BCUT2D eigenvalue weighted by atomic mass is 10.3. The van der Waals surface area contributed by atoms with Gasteiger partial charge in [0.2, 0.25) is 0 Å². The predicted octanol–water partition coefficient (Wildman–Crippen LogP) is 2.00. The Morgan fingerprint density at radius 2 is 2.41 bits per heavy atom. The first-order valence-corrected chi connectivity index (χ1v) is 6.58. The molecule has 2 N–H and O–H groups in total. The van der Waals surface area contributed by atoms with Crippen LogP contribution < -0.4 is 5.32 Å². The van der Waals surface area contributed by atoms with E-state index in [1.165, 1.54) is 11.3 Å². The quantitative estimate of drug-likeness (QED) is 0.663. The third kappa shape index (κ3) is 6.23. The molecule has 6 heteroatoms. The molecule has 1 rings (SSSR count). The summed E-state index contributed by atoms with van der Waals surface area (Å²) in [6.07, 6.45) is 2.20. The van der Waals surface area contributed by atoms with Crippen molar-refractivity contribution in [2.24, 2.45) is 0 Å². The van der Waals surface area contributed by atoms with Gasteiger partial charge in [0, 0.05) is 18.5 Å². The first-order chi connectivity index (χ1) is 8.22. The van der Waals surface area contributed by atoms with Crippen LogP contribution in [-0.2, 0) is 16.0 Å². The molecule has 0 radical (unpaired) electrons. The monoisotopic (exact) mass is 258 g/mol. The third-order valence-electron chi connectivity index (χ3n) is 2.05. The van der Waals surface area contributed by atoms with Crippen molar-refractivity contribution in [3.05, 3.63) is 11.1 Å². The number of nitrogens with zero attached hydrogens (tertiary/aromatic N) is 1. The van der Waals surface area contributed by atoms with E-state index >= 15 is 0 Å². The number of aromatic nitrogens is 1. The Morgan fingerprint density at radius 3 is 3.12 bits per heavy atom. The maximum absolute atomic E-state index is 10.5. The van der Waals surface area contributed by atoms with Crippen molar-refractivity contribution >= 4 is 22.4 Å². The highest BCUT2D eigenvalue weighted by molar-refractivity contribution is 7.13. The number of carboxylic acids is 1. The van der Waals surface area contributed by atoms with Crippen molar-refractivity contribution < 1.29 is 14.6 Å². The summed E-state index contributed by atoms with van der Waals surface area (Å²) in [5.74, 6) is -0.857. The molecular weight excluding hydrogens is 240 g/mol. The van der Waals surface area contributed by atoms with Crippen LogP contribution in [0.4, 0.5) is 5.13 Å². The van der Waals surface area contributed by atoms with Crippen molar-refractivity contribution in [1.82, 2.24) is 4.98 Å².